The summed E-state index contributed by atoms with van der Waals surface area (Å²) in [5.74, 6) is 1.35. The lowest BCUT2D eigenvalue weighted by Crippen LogP contribution is -2.34. The molecule has 2 heterocycles. The molecule has 2 aromatic rings. The molecule has 8 nitrogen and oxygen atoms in total. The third-order valence-electron chi connectivity index (χ3n) is 6.39. The quantitative estimate of drug-likeness (QED) is 0.662. The monoisotopic (exact) mass is 452 g/mol. The largest absolute Gasteiger partial charge is 0.496 e. The number of fused-ring (bicyclic) bond motifs is 1. The maximum Gasteiger partial charge on any atom is 0.409 e. The minimum Gasteiger partial charge on any atom is -0.496 e. The predicted octanol–water partition coefficient (Wildman–Crippen LogP) is 2.81. The van der Waals surface area contributed by atoms with E-state index in [1.807, 2.05) is 11.0 Å². The second kappa shape index (κ2) is 10.1. The van der Waals surface area contributed by atoms with Gasteiger partial charge in [0.25, 0.3) is 5.91 Å². The Bertz CT molecular complexity index is 983. The first-order chi connectivity index (χ1) is 16.0. The van der Waals surface area contributed by atoms with Gasteiger partial charge in [-0.1, -0.05) is 30.3 Å². The van der Waals surface area contributed by atoms with Gasteiger partial charge in [-0.15, -0.1) is 0 Å². The Balaban J connectivity index is 1.38. The zero-order valence-corrected chi connectivity index (χ0v) is 19.0. The molecule has 0 aliphatic carbocycles. The molecule has 2 fully saturated rings. The molecule has 2 atom stereocenters. The van der Waals surface area contributed by atoms with Crippen LogP contribution in [0.3, 0.4) is 0 Å². The van der Waals surface area contributed by atoms with Gasteiger partial charge in [-0.05, 0) is 36.8 Å². The first-order valence-electron chi connectivity index (χ1n) is 11.1. The molecule has 0 bridgehead atoms. The molecule has 33 heavy (non-hydrogen) atoms. The van der Waals surface area contributed by atoms with E-state index < -0.39 is 6.09 Å². The van der Waals surface area contributed by atoms with E-state index >= 15 is 0 Å². The zero-order chi connectivity index (χ0) is 23.4. The Labute approximate surface area is 194 Å². The molecule has 2 N–H and O–H groups in total. The molecule has 1 unspecified atom stereocenters. The first kappa shape index (κ1) is 22.9. The van der Waals surface area contributed by atoms with Gasteiger partial charge in [0.15, 0.2) is 5.75 Å². The maximum absolute atomic E-state index is 13.4. The molecule has 2 aromatic carbocycles. The summed E-state index contributed by atoms with van der Waals surface area (Å²) in [4.78, 5) is 29.1. The normalized spacial score (nSPS) is 19.9. The third-order valence-corrected chi connectivity index (χ3v) is 6.39. The molecule has 2 aliphatic rings. The van der Waals surface area contributed by atoms with Crippen molar-refractivity contribution >= 4 is 12.0 Å². The van der Waals surface area contributed by atoms with E-state index in [2.05, 4.69) is 35.6 Å². The number of methoxy groups -OCH3 is 2. The molecule has 2 aliphatic heterocycles. The maximum atomic E-state index is 13.4. The number of hydrogen-bond donors (Lipinski definition) is 1. The van der Waals surface area contributed by atoms with Crippen molar-refractivity contribution in [2.24, 2.45) is 17.6 Å². The van der Waals surface area contributed by atoms with Crippen LogP contribution in [-0.4, -0.2) is 68.7 Å². The van der Waals surface area contributed by atoms with Crippen molar-refractivity contribution < 1.29 is 23.8 Å². The summed E-state index contributed by atoms with van der Waals surface area (Å²) in [6.45, 7) is 4.28. The van der Waals surface area contributed by atoms with Crippen molar-refractivity contribution in [3.63, 3.8) is 0 Å². The molecule has 4 rings (SSSR count). The number of likely N-dealkylation sites (tertiary alicyclic amines) is 2. The Hall–Kier alpha value is -3.26. The summed E-state index contributed by atoms with van der Waals surface area (Å²) in [5, 5.41) is 0. The topological polar surface area (TPSA) is 94.3 Å². The second-order valence-corrected chi connectivity index (χ2v) is 8.52. The highest BCUT2D eigenvalue weighted by Crippen LogP contribution is 2.38. The van der Waals surface area contributed by atoms with Crippen LogP contribution >= 0.6 is 0 Å². The summed E-state index contributed by atoms with van der Waals surface area (Å²) < 4.78 is 15.8. The summed E-state index contributed by atoms with van der Waals surface area (Å²) in [6.07, 6.45) is 2.27. The second-order valence-electron chi connectivity index (χ2n) is 8.52. The fourth-order valence-corrected chi connectivity index (χ4v) is 4.84. The van der Waals surface area contributed by atoms with Crippen LogP contribution in [0.4, 0.5) is 4.79 Å². The van der Waals surface area contributed by atoms with Gasteiger partial charge >= 0.3 is 6.09 Å². The molecule has 0 aromatic heterocycles. The van der Waals surface area contributed by atoms with Gasteiger partial charge < -0.3 is 29.7 Å². The number of nitrogens with zero attached hydrogens (tertiary/aromatic N) is 2. The summed E-state index contributed by atoms with van der Waals surface area (Å²) in [7, 11) is 2.94. The molecule has 2 amide bonds. The lowest BCUT2D eigenvalue weighted by atomic mass is 10.0. The first-order valence-corrected chi connectivity index (χ1v) is 11.1. The van der Waals surface area contributed by atoms with Crippen LogP contribution in [0.25, 0.3) is 0 Å². The van der Waals surface area contributed by atoms with Crippen molar-refractivity contribution in [3.05, 3.63) is 60.0 Å². The molecule has 0 saturated carbocycles. The number of carbonyl (C=O) groups excluding carboxylic acids is 2. The lowest BCUT2D eigenvalue weighted by molar-refractivity contribution is 0.0768. The molecule has 0 spiro atoms. The van der Waals surface area contributed by atoms with E-state index in [9.17, 15) is 9.59 Å². The molecule has 175 valence electrons. The number of primary amides is 1. The smallest absolute Gasteiger partial charge is 0.409 e. The summed E-state index contributed by atoms with van der Waals surface area (Å²) in [6, 6.07) is 13.4. The van der Waals surface area contributed by atoms with Gasteiger partial charge in [0.1, 0.15) is 17.1 Å². The van der Waals surface area contributed by atoms with Gasteiger partial charge in [-0.3, -0.25) is 4.79 Å². The molecular formula is C25H30N3O5. The van der Waals surface area contributed by atoms with E-state index in [0.717, 1.165) is 26.1 Å². The Morgan fingerprint density at radius 3 is 2.27 bits per heavy atom. The molecule has 8 heteroatoms. The highest BCUT2D eigenvalue weighted by Gasteiger charge is 2.42. The SMILES string of the molecule is COc1cc(OC)c(C(=O)N2CC3CN(CC[CH]c4ccccc4)C[C@H]3C2)c(OC(N)=O)c1. The fourth-order valence-electron chi connectivity index (χ4n) is 4.84. The number of amides is 2. The van der Waals surface area contributed by atoms with Crippen molar-refractivity contribution in [1.82, 2.24) is 9.80 Å². The van der Waals surface area contributed by atoms with Crippen LogP contribution in [0.15, 0.2) is 42.5 Å². The van der Waals surface area contributed by atoms with Gasteiger partial charge in [-0.25, -0.2) is 4.79 Å². The average molecular weight is 453 g/mol. The fraction of sp³-hybridized carbons (Fsp3) is 0.400. The summed E-state index contributed by atoms with van der Waals surface area (Å²) in [5.41, 5.74) is 6.65. The standard InChI is InChI=1S/C25H30N3O5/c1-31-20-11-21(32-2)23(22(12-20)33-25(26)30)24(29)28-15-18-13-27(14-19(18)16-28)10-6-9-17-7-4-3-5-8-17/h3-5,7-9,11-12,18-19H,6,10,13-16H2,1-2H3,(H2,26,30)/t18-,19?/m0/s1. The highest BCUT2D eigenvalue weighted by molar-refractivity contribution is 6.01. The Kier molecular flexibility index (Phi) is 7.03. The average Bonchev–Trinajstić information content (AvgIpc) is 3.37. The van der Waals surface area contributed by atoms with Gasteiger partial charge in [0.2, 0.25) is 0 Å². The zero-order valence-electron chi connectivity index (χ0n) is 19.0. The number of hydrogen-bond acceptors (Lipinski definition) is 6. The van der Waals surface area contributed by atoms with Crippen molar-refractivity contribution in [2.45, 2.75) is 6.42 Å². The number of nitrogens with two attached hydrogens (primary N) is 1. The minimum atomic E-state index is -0.999. The van der Waals surface area contributed by atoms with Crippen LogP contribution in [0, 0.1) is 18.3 Å². The number of carbonyl (C=O) groups is 2. The lowest BCUT2D eigenvalue weighted by Gasteiger charge is -2.23. The van der Waals surface area contributed by atoms with Gasteiger partial charge in [0, 0.05) is 38.3 Å². The Morgan fingerprint density at radius 2 is 1.67 bits per heavy atom. The van der Waals surface area contributed by atoms with E-state index in [4.69, 9.17) is 19.9 Å². The van der Waals surface area contributed by atoms with E-state index in [1.54, 1.807) is 6.07 Å². The van der Waals surface area contributed by atoms with Crippen LogP contribution in [0.2, 0.25) is 0 Å². The Morgan fingerprint density at radius 1 is 1.00 bits per heavy atom. The van der Waals surface area contributed by atoms with Gasteiger partial charge in [-0.2, -0.15) is 0 Å². The van der Waals surface area contributed by atoms with Crippen molar-refractivity contribution in [1.29, 1.82) is 0 Å². The van der Waals surface area contributed by atoms with E-state index in [0.29, 0.717) is 30.7 Å². The molecular weight excluding hydrogens is 422 g/mol. The van der Waals surface area contributed by atoms with Crippen LogP contribution in [0.5, 0.6) is 17.2 Å². The number of benzene rings is 2. The minimum absolute atomic E-state index is 0.0406. The number of ether oxygens (including phenoxy) is 3. The summed E-state index contributed by atoms with van der Waals surface area (Å²) >= 11 is 0. The van der Waals surface area contributed by atoms with Crippen LogP contribution in [-0.2, 0) is 0 Å². The molecule has 1 radical (unpaired) electrons. The van der Waals surface area contributed by atoms with Gasteiger partial charge in [0.05, 0.1) is 14.2 Å². The van der Waals surface area contributed by atoms with Crippen LogP contribution < -0.4 is 19.9 Å². The highest BCUT2D eigenvalue weighted by atomic mass is 16.6. The van der Waals surface area contributed by atoms with E-state index in [-0.39, 0.29) is 23.0 Å². The third kappa shape index (κ3) is 5.22. The van der Waals surface area contributed by atoms with Crippen molar-refractivity contribution in [2.75, 3.05) is 46.9 Å². The van der Waals surface area contributed by atoms with E-state index in [1.165, 1.54) is 25.8 Å². The predicted molar refractivity (Wildman–Crippen MR) is 124 cm³/mol. The van der Waals surface area contributed by atoms with Crippen LogP contribution in [0.1, 0.15) is 22.3 Å². The van der Waals surface area contributed by atoms with Crippen molar-refractivity contribution in [3.8, 4) is 17.2 Å². The number of rotatable bonds is 8. The molecule has 2 saturated heterocycles.